The van der Waals surface area contributed by atoms with Crippen LogP contribution in [0.1, 0.15) is 18.1 Å². The molecule has 18 heavy (non-hydrogen) atoms. The minimum atomic E-state index is -0.423. The summed E-state index contributed by atoms with van der Waals surface area (Å²) in [4.78, 5) is 1.87. The van der Waals surface area contributed by atoms with Crippen molar-refractivity contribution in [2.24, 2.45) is 5.73 Å². The molecule has 0 spiro atoms. The molecule has 1 unspecified atom stereocenters. The van der Waals surface area contributed by atoms with Gasteiger partial charge >= 0.3 is 0 Å². The number of aliphatic hydroxyl groups is 1. The second-order valence-electron chi connectivity index (χ2n) is 4.36. The van der Waals surface area contributed by atoms with E-state index < -0.39 is 6.10 Å². The quantitative estimate of drug-likeness (QED) is 0.782. The summed E-state index contributed by atoms with van der Waals surface area (Å²) < 4.78 is 13.8. The molecule has 0 amide bonds. The maximum absolute atomic E-state index is 13.8. The summed E-state index contributed by atoms with van der Waals surface area (Å²) in [6.07, 6.45) is -0.423. The normalized spacial score (nSPS) is 12.1. The Morgan fingerprint density at radius 3 is 2.78 bits per heavy atom. The summed E-state index contributed by atoms with van der Waals surface area (Å²) >= 11 is 0. The Kier molecular flexibility index (Phi) is 5.79. The molecule has 0 radical (unpaired) electrons. The number of hydrogen-bond donors (Lipinski definition) is 2. The molecule has 0 aliphatic rings. The van der Waals surface area contributed by atoms with E-state index in [1.807, 2.05) is 11.9 Å². The molecule has 1 aromatic rings. The van der Waals surface area contributed by atoms with Crippen LogP contribution in [0, 0.1) is 17.7 Å². The largest absolute Gasteiger partial charge is 0.392 e. The Bertz CT molecular complexity index is 449. The Balaban J connectivity index is 2.73. The predicted molar refractivity (Wildman–Crippen MR) is 70.3 cm³/mol. The number of benzene rings is 1. The second-order valence-corrected chi connectivity index (χ2v) is 4.36. The van der Waals surface area contributed by atoms with Crippen LogP contribution < -0.4 is 5.73 Å². The van der Waals surface area contributed by atoms with Gasteiger partial charge in [-0.1, -0.05) is 17.9 Å². The SMILES string of the molecule is CC(O)CN(C)Cc1ccc(C#CCN)cc1F. The third-order valence-corrected chi connectivity index (χ3v) is 2.40. The van der Waals surface area contributed by atoms with E-state index in [9.17, 15) is 9.50 Å². The van der Waals surface area contributed by atoms with Gasteiger partial charge in [-0.15, -0.1) is 0 Å². The van der Waals surface area contributed by atoms with Crippen molar-refractivity contribution in [2.45, 2.75) is 19.6 Å². The molecule has 4 heteroatoms. The molecule has 1 atom stereocenters. The van der Waals surface area contributed by atoms with Gasteiger partial charge in [0, 0.05) is 24.2 Å². The summed E-state index contributed by atoms with van der Waals surface area (Å²) in [6, 6.07) is 4.90. The number of nitrogens with two attached hydrogens (primary N) is 1. The van der Waals surface area contributed by atoms with Crippen LogP contribution in [0.15, 0.2) is 18.2 Å². The first-order valence-electron chi connectivity index (χ1n) is 5.87. The van der Waals surface area contributed by atoms with Crippen molar-refractivity contribution in [1.29, 1.82) is 0 Å². The maximum atomic E-state index is 13.8. The van der Waals surface area contributed by atoms with Gasteiger partial charge in [0.1, 0.15) is 5.82 Å². The highest BCUT2D eigenvalue weighted by Crippen LogP contribution is 2.12. The van der Waals surface area contributed by atoms with Crippen molar-refractivity contribution in [2.75, 3.05) is 20.1 Å². The first-order chi connectivity index (χ1) is 8.52. The van der Waals surface area contributed by atoms with Crippen molar-refractivity contribution in [3.8, 4) is 11.8 Å². The lowest BCUT2D eigenvalue weighted by atomic mass is 10.1. The summed E-state index contributed by atoms with van der Waals surface area (Å²) in [5.41, 5.74) is 6.48. The first-order valence-corrected chi connectivity index (χ1v) is 5.87. The van der Waals surface area contributed by atoms with Crippen molar-refractivity contribution in [3.63, 3.8) is 0 Å². The van der Waals surface area contributed by atoms with Crippen molar-refractivity contribution < 1.29 is 9.50 Å². The predicted octanol–water partition coefficient (Wildman–Crippen LogP) is 0.949. The number of halogens is 1. The number of likely N-dealkylation sites (N-methyl/N-ethyl adjacent to an activating group) is 1. The third kappa shape index (κ3) is 4.84. The lowest BCUT2D eigenvalue weighted by Gasteiger charge is -2.18. The van der Waals surface area contributed by atoms with E-state index in [4.69, 9.17) is 5.73 Å². The van der Waals surface area contributed by atoms with Crippen LogP contribution in [0.4, 0.5) is 4.39 Å². The fourth-order valence-electron chi connectivity index (χ4n) is 1.71. The van der Waals surface area contributed by atoms with E-state index in [2.05, 4.69) is 11.8 Å². The van der Waals surface area contributed by atoms with E-state index >= 15 is 0 Å². The number of hydrogen-bond acceptors (Lipinski definition) is 3. The van der Waals surface area contributed by atoms with Gasteiger partial charge in [-0.05, 0) is 26.1 Å². The van der Waals surface area contributed by atoms with E-state index in [1.165, 1.54) is 6.07 Å². The smallest absolute Gasteiger partial charge is 0.128 e. The van der Waals surface area contributed by atoms with Crippen LogP contribution >= 0.6 is 0 Å². The lowest BCUT2D eigenvalue weighted by molar-refractivity contribution is 0.137. The molecule has 0 aliphatic heterocycles. The second kappa shape index (κ2) is 7.12. The van der Waals surface area contributed by atoms with Gasteiger partial charge in [0.05, 0.1) is 12.6 Å². The first kappa shape index (κ1) is 14.7. The molecule has 0 fully saturated rings. The lowest BCUT2D eigenvalue weighted by Crippen LogP contribution is -2.27. The molecule has 1 aromatic carbocycles. The van der Waals surface area contributed by atoms with Gasteiger partial charge in [0.2, 0.25) is 0 Å². The Morgan fingerprint density at radius 2 is 2.22 bits per heavy atom. The van der Waals surface area contributed by atoms with Crippen LogP contribution in [0.3, 0.4) is 0 Å². The van der Waals surface area contributed by atoms with Crippen LogP contribution in [0.2, 0.25) is 0 Å². The number of nitrogens with zero attached hydrogens (tertiary/aromatic N) is 1. The average Bonchev–Trinajstić information content (AvgIpc) is 2.28. The van der Waals surface area contributed by atoms with E-state index in [-0.39, 0.29) is 12.4 Å². The summed E-state index contributed by atoms with van der Waals surface area (Å²) in [7, 11) is 1.84. The molecule has 1 rings (SSSR count). The molecule has 0 saturated heterocycles. The van der Waals surface area contributed by atoms with E-state index in [1.54, 1.807) is 19.1 Å². The zero-order valence-electron chi connectivity index (χ0n) is 10.8. The fraction of sp³-hybridized carbons (Fsp3) is 0.429. The summed E-state index contributed by atoms with van der Waals surface area (Å²) in [5.74, 6) is 5.19. The highest BCUT2D eigenvalue weighted by molar-refractivity contribution is 5.37. The van der Waals surface area contributed by atoms with E-state index in [0.29, 0.717) is 24.2 Å². The molecule has 0 saturated carbocycles. The molecule has 3 nitrogen and oxygen atoms in total. The van der Waals surface area contributed by atoms with Crippen molar-refractivity contribution in [1.82, 2.24) is 4.90 Å². The number of aliphatic hydroxyl groups excluding tert-OH is 1. The highest BCUT2D eigenvalue weighted by Gasteiger charge is 2.08. The Hall–Kier alpha value is -1.41. The number of rotatable bonds is 4. The zero-order chi connectivity index (χ0) is 13.5. The molecular weight excluding hydrogens is 231 g/mol. The fourth-order valence-corrected chi connectivity index (χ4v) is 1.71. The molecule has 0 bridgehead atoms. The van der Waals surface area contributed by atoms with Gasteiger partial charge < -0.3 is 10.8 Å². The minimum absolute atomic E-state index is 0.264. The maximum Gasteiger partial charge on any atom is 0.128 e. The summed E-state index contributed by atoms with van der Waals surface area (Å²) in [6.45, 7) is 2.94. The third-order valence-electron chi connectivity index (χ3n) is 2.40. The van der Waals surface area contributed by atoms with Crippen LogP contribution in [0.25, 0.3) is 0 Å². The van der Waals surface area contributed by atoms with Crippen molar-refractivity contribution >= 4 is 0 Å². The average molecular weight is 250 g/mol. The van der Waals surface area contributed by atoms with Gasteiger partial charge in [-0.25, -0.2) is 4.39 Å². The molecule has 0 aliphatic carbocycles. The van der Waals surface area contributed by atoms with Gasteiger partial charge in [0.25, 0.3) is 0 Å². The van der Waals surface area contributed by atoms with Crippen LogP contribution in [-0.2, 0) is 6.54 Å². The molecule has 0 aromatic heterocycles. The van der Waals surface area contributed by atoms with Gasteiger partial charge in [-0.2, -0.15) is 0 Å². The van der Waals surface area contributed by atoms with Gasteiger partial charge in [0.15, 0.2) is 0 Å². The monoisotopic (exact) mass is 250 g/mol. The molecule has 3 N–H and O–H groups in total. The van der Waals surface area contributed by atoms with Crippen LogP contribution in [-0.4, -0.2) is 36.2 Å². The Labute approximate surface area is 107 Å². The molecule has 98 valence electrons. The topological polar surface area (TPSA) is 49.5 Å². The van der Waals surface area contributed by atoms with Crippen LogP contribution in [0.5, 0.6) is 0 Å². The molecular formula is C14H19FN2O. The summed E-state index contributed by atoms with van der Waals surface area (Å²) in [5, 5.41) is 9.25. The van der Waals surface area contributed by atoms with Crippen molar-refractivity contribution in [3.05, 3.63) is 35.1 Å². The highest BCUT2D eigenvalue weighted by atomic mass is 19.1. The standard InChI is InChI=1S/C14H19FN2O/c1-11(18)9-17(2)10-13-6-5-12(4-3-7-16)8-14(13)15/h5-6,8,11,18H,7,9-10,16H2,1-2H3. The zero-order valence-corrected chi connectivity index (χ0v) is 10.8. The minimum Gasteiger partial charge on any atom is -0.392 e. The van der Waals surface area contributed by atoms with E-state index in [0.717, 1.165) is 0 Å². The Morgan fingerprint density at radius 1 is 1.50 bits per heavy atom. The van der Waals surface area contributed by atoms with Gasteiger partial charge in [-0.3, -0.25) is 4.90 Å². The molecule has 0 heterocycles.